The van der Waals surface area contributed by atoms with Crippen molar-refractivity contribution in [1.29, 1.82) is 0 Å². The number of carboxylic acids is 1. The van der Waals surface area contributed by atoms with E-state index < -0.39 is 11.7 Å². The molecular formula is C13H18N2O3S. The van der Waals surface area contributed by atoms with E-state index in [0.29, 0.717) is 10.7 Å². The minimum Gasteiger partial charge on any atom is -0.478 e. The van der Waals surface area contributed by atoms with Crippen LogP contribution in [0.1, 0.15) is 48.2 Å². The van der Waals surface area contributed by atoms with Crippen molar-refractivity contribution in [3.05, 3.63) is 21.7 Å². The normalized spacial score (nSPS) is 15.8. The van der Waals surface area contributed by atoms with Crippen molar-refractivity contribution in [3.8, 4) is 0 Å². The summed E-state index contributed by atoms with van der Waals surface area (Å²) in [5, 5.41) is 9.51. The quantitative estimate of drug-likeness (QED) is 0.640. The molecule has 1 aromatic heterocycles. The molecule has 1 heterocycles. The van der Waals surface area contributed by atoms with Gasteiger partial charge in [0.25, 0.3) is 0 Å². The summed E-state index contributed by atoms with van der Waals surface area (Å²) in [5.74, 6) is 0.536. The molecule has 2 rings (SSSR count). The third kappa shape index (κ3) is 3.59. The Morgan fingerprint density at radius 1 is 1.47 bits per heavy atom. The average Bonchev–Trinajstić information content (AvgIpc) is 2.80. The van der Waals surface area contributed by atoms with Crippen LogP contribution in [0.2, 0.25) is 0 Å². The van der Waals surface area contributed by atoms with Crippen molar-refractivity contribution in [2.24, 2.45) is 5.92 Å². The molecular weight excluding hydrogens is 264 g/mol. The van der Waals surface area contributed by atoms with Crippen molar-refractivity contribution < 1.29 is 9.90 Å². The highest BCUT2D eigenvalue weighted by molar-refractivity contribution is 7.99. The van der Waals surface area contributed by atoms with Crippen LogP contribution in [-0.4, -0.2) is 26.8 Å². The fourth-order valence-electron chi connectivity index (χ4n) is 2.54. The van der Waals surface area contributed by atoms with E-state index in [1.54, 1.807) is 6.92 Å². The average molecular weight is 282 g/mol. The second-order valence-corrected chi connectivity index (χ2v) is 6.02. The molecule has 0 radical (unpaired) electrons. The zero-order chi connectivity index (χ0) is 13.8. The lowest BCUT2D eigenvalue weighted by Crippen LogP contribution is -2.18. The van der Waals surface area contributed by atoms with Gasteiger partial charge in [-0.05, 0) is 25.0 Å². The molecule has 0 spiro atoms. The SMILES string of the molecule is Cc1[nH]c(=O)nc(SCCC2CCCC2)c1C(=O)O. The van der Waals surface area contributed by atoms with Gasteiger partial charge in [-0.25, -0.2) is 9.59 Å². The molecule has 1 aliphatic rings. The van der Waals surface area contributed by atoms with Gasteiger partial charge in [-0.1, -0.05) is 25.7 Å². The molecule has 0 amide bonds. The molecule has 2 N–H and O–H groups in total. The molecule has 0 atom stereocenters. The van der Waals surface area contributed by atoms with Crippen LogP contribution in [0.5, 0.6) is 0 Å². The largest absolute Gasteiger partial charge is 0.478 e. The Bertz CT molecular complexity index is 521. The summed E-state index contributed by atoms with van der Waals surface area (Å²) in [4.78, 5) is 28.8. The smallest absolute Gasteiger partial charge is 0.346 e. The van der Waals surface area contributed by atoms with E-state index in [2.05, 4.69) is 9.97 Å². The number of hydrogen-bond acceptors (Lipinski definition) is 4. The Kier molecular flexibility index (Phi) is 4.63. The maximum atomic E-state index is 11.3. The third-order valence-electron chi connectivity index (χ3n) is 3.54. The first kappa shape index (κ1) is 14.1. The highest BCUT2D eigenvalue weighted by atomic mass is 32.2. The third-order valence-corrected chi connectivity index (χ3v) is 4.55. The number of aryl methyl sites for hydroxylation is 1. The molecule has 0 bridgehead atoms. The zero-order valence-corrected chi connectivity index (χ0v) is 11.8. The summed E-state index contributed by atoms with van der Waals surface area (Å²) >= 11 is 1.38. The second kappa shape index (κ2) is 6.23. The number of nitrogens with one attached hydrogen (secondary N) is 1. The number of hydrogen-bond donors (Lipinski definition) is 2. The number of H-pyrrole nitrogens is 1. The number of carboxylic acid groups (broad SMARTS) is 1. The molecule has 0 unspecified atom stereocenters. The zero-order valence-electron chi connectivity index (χ0n) is 10.9. The van der Waals surface area contributed by atoms with Gasteiger partial charge in [0.05, 0.1) is 0 Å². The molecule has 0 saturated heterocycles. The summed E-state index contributed by atoms with van der Waals surface area (Å²) < 4.78 is 0. The topological polar surface area (TPSA) is 83.0 Å². The van der Waals surface area contributed by atoms with Crippen LogP contribution in [0, 0.1) is 12.8 Å². The number of thioether (sulfide) groups is 1. The number of carbonyl (C=O) groups is 1. The van der Waals surface area contributed by atoms with Crippen molar-refractivity contribution in [2.45, 2.75) is 44.1 Å². The Balaban J connectivity index is 2.05. The molecule has 19 heavy (non-hydrogen) atoms. The monoisotopic (exact) mass is 282 g/mol. The first-order valence-electron chi connectivity index (χ1n) is 6.55. The van der Waals surface area contributed by atoms with E-state index in [1.165, 1.54) is 37.4 Å². The maximum absolute atomic E-state index is 11.3. The maximum Gasteiger partial charge on any atom is 0.346 e. The summed E-state index contributed by atoms with van der Waals surface area (Å²) in [5.41, 5.74) is 0.0118. The lowest BCUT2D eigenvalue weighted by atomic mass is 10.1. The van der Waals surface area contributed by atoms with E-state index in [0.717, 1.165) is 18.1 Å². The predicted molar refractivity (Wildman–Crippen MR) is 73.9 cm³/mol. The Morgan fingerprint density at radius 2 is 2.16 bits per heavy atom. The number of aromatic amines is 1. The van der Waals surface area contributed by atoms with Crippen molar-refractivity contribution in [3.63, 3.8) is 0 Å². The fraction of sp³-hybridized carbons (Fsp3) is 0.615. The number of nitrogens with zero attached hydrogens (tertiary/aromatic N) is 1. The van der Waals surface area contributed by atoms with Crippen molar-refractivity contribution >= 4 is 17.7 Å². The number of rotatable bonds is 5. The van der Waals surface area contributed by atoms with E-state index in [9.17, 15) is 14.7 Å². The van der Waals surface area contributed by atoms with E-state index in [1.807, 2.05) is 0 Å². The van der Waals surface area contributed by atoms with Crippen LogP contribution in [0.4, 0.5) is 0 Å². The summed E-state index contributed by atoms with van der Waals surface area (Å²) in [6.45, 7) is 1.59. The molecule has 5 nitrogen and oxygen atoms in total. The van der Waals surface area contributed by atoms with Crippen LogP contribution in [-0.2, 0) is 0 Å². The summed E-state index contributed by atoms with van der Waals surface area (Å²) in [6, 6.07) is 0. The molecule has 0 aliphatic heterocycles. The number of aromatic carboxylic acids is 1. The molecule has 6 heteroatoms. The first-order valence-corrected chi connectivity index (χ1v) is 7.53. The standard InChI is InChI=1S/C13H18N2O3S/c1-8-10(12(16)17)11(15-13(18)14-8)19-7-6-9-4-2-3-5-9/h9H,2-7H2,1H3,(H,16,17)(H,14,15,18). The predicted octanol–water partition coefficient (Wildman–Crippen LogP) is 2.45. The van der Waals surface area contributed by atoms with Crippen molar-refractivity contribution in [2.75, 3.05) is 5.75 Å². The fourth-order valence-corrected chi connectivity index (χ4v) is 3.71. The van der Waals surface area contributed by atoms with Crippen LogP contribution >= 0.6 is 11.8 Å². The van der Waals surface area contributed by atoms with Gasteiger partial charge in [0, 0.05) is 5.69 Å². The summed E-state index contributed by atoms with van der Waals surface area (Å²) in [7, 11) is 0. The molecule has 1 saturated carbocycles. The van der Waals surface area contributed by atoms with Gasteiger partial charge < -0.3 is 10.1 Å². The minimum atomic E-state index is -1.04. The highest BCUT2D eigenvalue weighted by Gasteiger charge is 2.18. The minimum absolute atomic E-state index is 0.121. The Morgan fingerprint density at radius 3 is 2.79 bits per heavy atom. The molecule has 104 valence electrons. The molecule has 1 aliphatic carbocycles. The molecule has 1 fully saturated rings. The first-order chi connectivity index (χ1) is 9.08. The van der Waals surface area contributed by atoms with Gasteiger partial charge in [-0.2, -0.15) is 4.98 Å². The van der Waals surface area contributed by atoms with Gasteiger partial charge >= 0.3 is 11.7 Å². The van der Waals surface area contributed by atoms with Gasteiger partial charge in [0.2, 0.25) is 0 Å². The van der Waals surface area contributed by atoms with Crippen LogP contribution < -0.4 is 5.69 Å². The molecule has 1 aromatic rings. The number of aromatic nitrogens is 2. The van der Waals surface area contributed by atoms with Gasteiger partial charge in [0.15, 0.2) is 0 Å². The Hall–Kier alpha value is -1.30. The van der Waals surface area contributed by atoms with Crippen molar-refractivity contribution in [1.82, 2.24) is 9.97 Å². The van der Waals surface area contributed by atoms with E-state index in [4.69, 9.17) is 0 Å². The van der Waals surface area contributed by atoms with Crippen LogP contribution in [0.25, 0.3) is 0 Å². The Labute approximate surface area is 115 Å². The lowest BCUT2D eigenvalue weighted by molar-refractivity contribution is 0.0690. The van der Waals surface area contributed by atoms with Gasteiger partial charge in [-0.15, -0.1) is 11.8 Å². The summed E-state index contributed by atoms with van der Waals surface area (Å²) in [6.07, 6.45) is 6.22. The van der Waals surface area contributed by atoms with Crippen LogP contribution in [0.3, 0.4) is 0 Å². The van der Waals surface area contributed by atoms with E-state index >= 15 is 0 Å². The lowest BCUT2D eigenvalue weighted by Gasteiger charge is -2.09. The van der Waals surface area contributed by atoms with Gasteiger partial charge in [0.1, 0.15) is 10.6 Å². The van der Waals surface area contributed by atoms with Crippen LogP contribution in [0.15, 0.2) is 9.82 Å². The van der Waals surface area contributed by atoms with E-state index in [-0.39, 0.29) is 5.56 Å². The molecule has 0 aromatic carbocycles. The second-order valence-electron chi connectivity index (χ2n) is 4.94. The highest BCUT2D eigenvalue weighted by Crippen LogP contribution is 2.30. The van der Waals surface area contributed by atoms with Gasteiger partial charge in [-0.3, -0.25) is 0 Å².